The predicted octanol–water partition coefficient (Wildman–Crippen LogP) is 0.699. The Kier molecular flexibility index (Phi) is 7.07. The first-order chi connectivity index (χ1) is 8.08. The molecule has 1 aromatic rings. The number of esters is 1. The van der Waals surface area contributed by atoms with Gasteiger partial charge in [0, 0.05) is 12.5 Å². The molecule has 18 heavy (non-hydrogen) atoms. The smallest absolute Gasteiger partial charge is 0.373 e. The number of rotatable bonds is 5. The van der Waals surface area contributed by atoms with Gasteiger partial charge in [0.1, 0.15) is 5.76 Å². The van der Waals surface area contributed by atoms with Gasteiger partial charge in [0.25, 0.3) is 0 Å². The number of methoxy groups -OCH3 is 1. The van der Waals surface area contributed by atoms with Crippen molar-refractivity contribution in [2.45, 2.75) is 13.5 Å². The van der Waals surface area contributed by atoms with Crippen LogP contribution in [-0.4, -0.2) is 25.5 Å². The summed E-state index contributed by atoms with van der Waals surface area (Å²) in [6, 6.07) is 3.11. The van der Waals surface area contributed by atoms with Crippen LogP contribution in [0.4, 0.5) is 0 Å². The molecule has 1 atom stereocenters. The zero-order valence-corrected chi connectivity index (χ0v) is 11.1. The zero-order valence-electron chi connectivity index (χ0n) is 10.3. The Morgan fingerprint density at radius 1 is 1.50 bits per heavy atom. The summed E-state index contributed by atoms with van der Waals surface area (Å²) < 4.78 is 9.67. The van der Waals surface area contributed by atoms with Gasteiger partial charge in [-0.25, -0.2) is 4.79 Å². The van der Waals surface area contributed by atoms with Crippen LogP contribution < -0.4 is 11.1 Å². The number of amides is 1. The summed E-state index contributed by atoms with van der Waals surface area (Å²) in [6.45, 7) is 2.24. The highest BCUT2D eigenvalue weighted by atomic mass is 35.5. The third-order valence-corrected chi connectivity index (χ3v) is 2.29. The molecule has 0 aliphatic rings. The lowest BCUT2D eigenvalue weighted by Gasteiger charge is -2.08. The molecule has 1 aromatic heterocycles. The second-order valence-electron chi connectivity index (χ2n) is 3.61. The number of halogens is 1. The first-order valence-electron chi connectivity index (χ1n) is 5.23. The summed E-state index contributed by atoms with van der Waals surface area (Å²) in [7, 11) is 1.27. The van der Waals surface area contributed by atoms with Gasteiger partial charge in [-0.3, -0.25) is 4.79 Å². The minimum Gasteiger partial charge on any atom is -0.463 e. The molecule has 0 aliphatic carbocycles. The monoisotopic (exact) mass is 276 g/mol. The Labute approximate surface area is 111 Å². The lowest BCUT2D eigenvalue weighted by atomic mass is 10.2. The van der Waals surface area contributed by atoms with Crippen molar-refractivity contribution in [1.82, 2.24) is 5.32 Å². The molecule has 0 saturated heterocycles. The van der Waals surface area contributed by atoms with Gasteiger partial charge in [-0.1, -0.05) is 6.92 Å². The molecule has 0 fully saturated rings. The average Bonchev–Trinajstić information content (AvgIpc) is 2.82. The summed E-state index contributed by atoms with van der Waals surface area (Å²) in [5.74, 6) is -0.335. The van der Waals surface area contributed by atoms with Gasteiger partial charge in [-0.15, -0.1) is 12.4 Å². The largest absolute Gasteiger partial charge is 0.463 e. The van der Waals surface area contributed by atoms with Gasteiger partial charge < -0.3 is 20.2 Å². The number of nitrogens with one attached hydrogen (secondary N) is 1. The molecule has 0 spiro atoms. The van der Waals surface area contributed by atoms with Crippen molar-refractivity contribution in [3.8, 4) is 0 Å². The number of hydrogen-bond acceptors (Lipinski definition) is 5. The van der Waals surface area contributed by atoms with E-state index < -0.39 is 5.97 Å². The van der Waals surface area contributed by atoms with Crippen molar-refractivity contribution >= 4 is 24.3 Å². The topological polar surface area (TPSA) is 94.6 Å². The van der Waals surface area contributed by atoms with Gasteiger partial charge in [0.2, 0.25) is 11.7 Å². The van der Waals surface area contributed by atoms with Crippen molar-refractivity contribution in [2.75, 3.05) is 13.7 Å². The van der Waals surface area contributed by atoms with E-state index in [1.54, 1.807) is 13.0 Å². The first kappa shape index (κ1) is 16.5. The molecule has 0 radical (unpaired) electrons. The highest BCUT2D eigenvalue weighted by Gasteiger charge is 2.13. The van der Waals surface area contributed by atoms with Crippen molar-refractivity contribution in [2.24, 2.45) is 11.7 Å². The van der Waals surface area contributed by atoms with E-state index in [0.29, 0.717) is 5.76 Å². The normalized spacial score (nSPS) is 11.3. The number of furan rings is 1. The summed E-state index contributed by atoms with van der Waals surface area (Å²) in [4.78, 5) is 22.5. The lowest BCUT2D eigenvalue weighted by Crippen LogP contribution is -2.32. The predicted molar refractivity (Wildman–Crippen MR) is 67.4 cm³/mol. The lowest BCUT2D eigenvalue weighted by molar-refractivity contribution is -0.124. The van der Waals surface area contributed by atoms with Crippen LogP contribution in [0, 0.1) is 5.92 Å². The Balaban J connectivity index is 0.00000289. The fourth-order valence-corrected chi connectivity index (χ4v) is 1.14. The summed E-state index contributed by atoms with van der Waals surface area (Å²) >= 11 is 0. The third kappa shape index (κ3) is 4.38. The third-order valence-electron chi connectivity index (χ3n) is 2.29. The van der Waals surface area contributed by atoms with E-state index in [1.165, 1.54) is 13.2 Å². The second-order valence-corrected chi connectivity index (χ2v) is 3.61. The summed E-state index contributed by atoms with van der Waals surface area (Å²) in [5.41, 5.74) is 5.36. The number of carbonyl (C=O) groups is 2. The number of carbonyl (C=O) groups excluding carboxylic acids is 2. The SMILES string of the molecule is COC(=O)c1ccc(CNC(=O)C(C)CN)o1.Cl. The zero-order chi connectivity index (χ0) is 12.8. The van der Waals surface area contributed by atoms with Gasteiger partial charge in [0.05, 0.1) is 13.7 Å². The maximum absolute atomic E-state index is 11.4. The molecule has 1 heterocycles. The van der Waals surface area contributed by atoms with Crippen LogP contribution in [0.5, 0.6) is 0 Å². The van der Waals surface area contributed by atoms with Crippen molar-refractivity contribution < 1.29 is 18.7 Å². The van der Waals surface area contributed by atoms with E-state index in [9.17, 15) is 9.59 Å². The molecule has 6 nitrogen and oxygen atoms in total. The fraction of sp³-hybridized carbons (Fsp3) is 0.455. The van der Waals surface area contributed by atoms with E-state index in [1.807, 2.05) is 0 Å². The van der Waals surface area contributed by atoms with Crippen molar-refractivity contribution in [3.05, 3.63) is 23.7 Å². The molecule has 0 saturated carbocycles. The van der Waals surface area contributed by atoms with Gasteiger partial charge in [-0.05, 0) is 12.1 Å². The van der Waals surface area contributed by atoms with Crippen LogP contribution >= 0.6 is 12.4 Å². The highest BCUT2D eigenvalue weighted by molar-refractivity contribution is 5.86. The second kappa shape index (κ2) is 7.73. The number of ether oxygens (including phenoxy) is 1. The molecule has 1 unspecified atom stereocenters. The fourth-order valence-electron chi connectivity index (χ4n) is 1.14. The van der Waals surface area contributed by atoms with E-state index in [0.717, 1.165) is 0 Å². The van der Waals surface area contributed by atoms with Crippen LogP contribution in [0.25, 0.3) is 0 Å². The maximum Gasteiger partial charge on any atom is 0.373 e. The van der Waals surface area contributed by atoms with E-state index in [2.05, 4.69) is 10.1 Å². The molecule has 1 rings (SSSR count). The molecule has 0 bridgehead atoms. The van der Waals surface area contributed by atoms with Crippen LogP contribution in [-0.2, 0) is 16.1 Å². The van der Waals surface area contributed by atoms with Crippen molar-refractivity contribution in [3.63, 3.8) is 0 Å². The van der Waals surface area contributed by atoms with E-state index >= 15 is 0 Å². The Bertz CT molecular complexity index is 406. The van der Waals surface area contributed by atoms with Gasteiger partial charge >= 0.3 is 5.97 Å². The molecule has 0 aliphatic heterocycles. The molecular formula is C11H17ClN2O4. The molecule has 102 valence electrons. The van der Waals surface area contributed by atoms with Crippen molar-refractivity contribution in [1.29, 1.82) is 0 Å². The van der Waals surface area contributed by atoms with Gasteiger partial charge in [-0.2, -0.15) is 0 Å². The molecule has 3 N–H and O–H groups in total. The minimum absolute atomic E-state index is 0. The number of nitrogens with two attached hydrogens (primary N) is 1. The Morgan fingerprint density at radius 3 is 2.72 bits per heavy atom. The van der Waals surface area contributed by atoms with Crippen LogP contribution in [0.15, 0.2) is 16.5 Å². The number of hydrogen-bond donors (Lipinski definition) is 2. The molecule has 0 aromatic carbocycles. The van der Waals surface area contributed by atoms with Gasteiger partial charge in [0.15, 0.2) is 0 Å². The average molecular weight is 277 g/mol. The molecule has 1 amide bonds. The summed E-state index contributed by atoms with van der Waals surface area (Å²) in [5, 5.41) is 2.66. The Morgan fingerprint density at radius 2 is 2.17 bits per heavy atom. The van der Waals surface area contributed by atoms with Crippen LogP contribution in [0.3, 0.4) is 0 Å². The quantitative estimate of drug-likeness (QED) is 0.772. The highest BCUT2D eigenvalue weighted by Crippen LogP contribution is 2.08. The minimum atomic E-state index is -0.544. The van der Waals surface area contributed by atoms with Crippen LogP contribution in [0.2, 0.25) is 0 Å². The maximum atomic E-state index is 11.4. The molecular weight excluding hydrogens is 260 g/mol. The molecule has 7 heteroatoms. The van der Waals surface area contributed by atoms with E-state index in [-0.39, 0.29) is 43.1 Å². The first-order valence-corrected chi connectivity index (χ1v) is 5.23. The summed E-state index contributed by atoms with van der Waals surface area (Å²) in [6.07, 6.45) is 0. The standard InChI is InChI=1S/C11H16N2O4.ClH/c1-7(5-12)10(14)13-6-8-3-4-9(17-8)11(15)16-2;/h3-4,7H,5-6,12H2,1-2H3,(H,13,14);1H. The van der Waals surface area contributed by atoms with E-state index in [4.69, 9.17) is 10.2 Å². The Hall–Kier alpha value is -1.53. The van der Waals surface area contributed by atoms with Crippen LogP contribution in [0.1, 0.15) is 23.2 Å².